The zero-order chi connectivity index (χ0) is 23.8. The number of rotatable bonds is 6. The number of nitrogens with zero attached hydrogens (tertiary/aromatic N) is 1. The molecule has 2 aromatic rings. The van der Waals surface area contributed by atoms with Crippen LogP contribution in [0.1, 0.15) is 28.7 Å². The quantitative estimate of drug-likeness (QED) is 0.542. The van der Waals surface area contributed by atoms with Crippen molar-refractivity contribution >= 4 is 24.5 Å². The van der Waals surface area contributed by atoms with E-state index in [0.29, 0.717) is 31.6 Å². The van der Waals surface area contributed by atoms with Gasteiger partial charge in [0.25, 0.3) is 0 Å². The Morgan fingerprint density at radius 1 is 1.26 bits per heavy atom. The van der Waals surface area contributed by atoms with E-state index >= 15 is 0 Å². The first-order valence-corrected chi connectivity index (χ1v) is 10.5. The third kappa shape index (κ3) is 5.82. The van der Waals surface area contributed by atoms with Crippen LogP contribution in [0.2, 0.25) is 0 Å². The van der Waals surface area contributed by atoms with E-state index < -0.39 is 29.4 Å². The summed E-state index contributed by atoms with van der Waals surface area (Å²) in [5, 5.41) is 9.13. The molecule has 1 fully saturated rings. The van der Waals surface area contributed by atoms with Crippen LogP contribution in [0, 0.1) is 18.7 Å². The van der Waals surface area contributed by atoms with E-state index in [0.717, 1.165) is 17.7 Å². The average molecular weight is 502 g/mol. The molecule has 1 atom stereocenters. The molecule has 0 aliphatic carbocycles. The highest BCUT2D eigenvalue weighted by atomic mass is 35.5. The molecule has 1 saturated heterocycles. The maximum atomic E-state index is 14.8. The van der Waals surface area contributed by atoms with Crippen molar-refractivity contribution in [1.29, 1.82) is 0 Å². The number of aryl methyl sites for hydroxylation is 1. The van der Waals surface area contributed by atoms with Crippen molar-refractivity contribution in [3.8, 4) is 11.5 Å². The number of alkyl halides is 3. The fourth-order valence-corrected chi connectivity index (χ4v) is 4.13. The van der Waals surface area contributed by atoms with Crippen molar-refractivity contribution in [1.82, 2.24) is 4.90 Å². The van der Waals surface area contributed by atoms with Gasteiger partial charge in [0, 0.05) is 30.8 Å². The third-order valence-corrected chi connectivity index (χ3v) is 5.84. The van der Waals surface area contributed by atoms with E-state index in [-0.39, 0.29) is 48.2 Å². The molecule has 0 spiro atoms. The molecule has 4 rings (SSSR count). The molecule has 2 aliphatic heterocycles. The molecular weight excluding hydrogens is 478 g/mol. The predicted octanol–water partition coefficient (Wildman–Crippen LogP) is 5.34. The van der Waals surface area contributed by atoms with Gasteiger partial charge in [0.1, 0.15) is 30.5 Å². The second-order valence-corrected chi connectivity index (χ2v) is 8.41. The molecule has 10 heteroatoms. The molecular formula is C24H24ClF4NO4. The average Bonchev–Trinajstić information content (AvgIpc) is 3.21. The fraction of sp³-hybridized carbons (Fsp3) is 0.375. The van der Waals surface area contributed by atoms with Crippen molar-refractivity contribution in [2.75, 3.05) is 26.2 Å². The summed E-state index contributed by atoms with van der Waals surface area (Å²) in [5.41, 5.74) is 0.713. The number of aliphatic carboxylic acids is 1. The lowest BCUT2D eigenvalue weighted by atomic mass is 10.0. The lowest BCUT2D eigenvalue weighted by Crippen LogP contribution is -2.27. The Labute approximate surface area is 200 Å². The molecule has 0 saturated carbocycles. The highest BCUT2D eigenvalue weighted by molar-refractivity contribution is 5.85. The van der Waals surface area contributed by atoms with Gasteiger partial charge in [-0.1, -0.05) is 17.7 Å². The Morgan fingerprint density at radius 2 is 2.03 bits per heavy atom. The number of hydrogen-bond acceptors (Lipinski definition) is 4. The van der Waals surface area contributed by atoms with Crippen LogP contribution in [0.5, 0.6) is 11.5 Å². The summed E-state index contributed by atoms with van der Waals surface area (Å²) in [5.74, 6) is -1.50. The fourth-order valence-electron chi connectivity index (χ4n) is 4.13. The first kappa shape index (κ1) is 25.8. The Kier molecular flexibility index (Phi) is 7.77. The number of carboxylic acids is 1. The number of fused-ring (bicyclic) bond motifs is 1. The molecule has 184 valence electrons. The molecule has 2 heterocycles. The van der Waals surface area contributed by atoms with Gasteiger partial charge in [0.05, 0.1) is 17.0 Å². The molecule has 0 aromatic heterocycles. The smallest absolute Gasteiger partial charge is 0.416 e. The van der Waals surface area contributed by atoms with Gasteiger partial charge in [-0.05, 0) is 37.6 Å². The molecule has 34 heavy (non-hydrogen) atoms. The third-order valence-electron chi connectivity index (χ3n) is 5.84. The van der Waals surface area contributed by atoms with E-state index in [1.807, 2.05) is 4.90 Å². The number of ether oxygens (including phenoxy) is 2. The molecule has 0 radical (unpaired) electrons. The van der Waals surface area contributed by atoms with Crippen LogP contribution in [0.4, 0.5) is 17.6 Å². The van der Waals surface area contributed by atoms with Gasteiger partial charge >= 0.3 is 12.1 Å². The summed E-state index contributed by atoms with van der Waals surface area (Å²) in [6.07, 6.45) is -2.27. The van der Waals surface area contributed by atoms with Crippen molar-refractivity contribution in [2.45, 2.75) is 26.1 Å². The van der Waals surface area contributed by atoms with Gasteiger partial charge in [0.15, 0.2) is 0 Å². The normalized spacial score (nSPS) is 17.9. The molecule has 2 aromatic carbocycles. The summed E-state index contributed by atoms with van der Waals surface area (Å²) < 4.78 is 65.8. The van der Waals surface area contributed by atoms with Gasteiger partial charge in [-0.2, -0.15) is 13.2 Å². The van der Waals surface area contributed by atoms with Gasteiger partial charge < -0.3 is 14.6 Å². The zero-order valence-electron chi connectivity index (χ0n) is 18.3. The van der Waals surface area contributed by atoms with Gasteiger partial charge in [-0.3, -0.25) is 9.69 Å². The van der Waals surface area contributed by atoms with Gasteiger partial charge in [0.2, 0.25) is 0 Å². The van der Waals surface area contributed by atoms with Crippen LogP contribution < -0.4 is 9.47 Å². The summed E-state index contributed by atoms with van der Waals surface area (Å²) in [6, 6.07) is 6.56. The number of halogens is 5. The first-order chi connectivity index (χ1) is 15.6. The number of benzene rings is 2. The van der Waals surface area contributed by atoms with E-state index in [1.54, 1.807) is 19.1 Å². The number of carbonyl (C=O) groups is 1. The van der Waals surface area contributed by atoms with Crippen LogP contribution in [-0.4, -0.2) is 42.2 Å². The molecule has 5 nitrogen and oxygen atoms in total. The second-order valence-electron chi connectivity index (χ2n) is 8.41. The Hall–Kier alpha value is -2.78. The minimum atomic E-state index is -4.52. The molecule has 0 amide bonds. The van der Waals surface area contributed by atoms with Crippen LogP contribution in [0.15, 0.2) is 35.9 Å². The molecule has 1 N–H and O–H groups in total. The Morgan fingerprint density at radius 3 is 2.71 bits per heavy atom. The maximum Gasteiger partial charge on any atom is 0.416 e. The summed E-state index contributed by atoms with van der Waals surface area (Å²) in [6.45, 7) is 2.98. The van der Waals surface area contributed by atoms with Crippen molar-refractivity contribution in [2.24, 2.45) is 5.92 Å². The van der Waals surface area contributed by atoms with Crippen LogP contribution in [-0.2, 0) is 17.6 Å². The maximum absolute atomic E-state index is 14.8. The lowest BCUT2D eigenvalue weighted by Gasteiger charge is -2.23. The summed E-state index contributed by atoms with van der Waals surface area (Å²) >= 11 is 0. The molecule has 2 aliphatic rings. The largest absolute Gasteiger partial charge is 0.489 e. The van der Waals surface area contributed by atoms with E-state index in [9.17, 15) is 22.4 Å². The van der Waals surface area contributed by atoms with Gasteiger partial charge in [-0.15, -0.1) is 12.4 Å². The number of carboxylic acid groups (broad SMARTS) is 1. The predicted molar refractivity (Wildman–Crippen MR) is 120 cm³/mol. The van der Waals surface area contributed by atoms with E-state index in [1.165, 1.54) is 12.1 Å². The van der Waals surface area contributed by atoms with Crippen molar-refractivity contribution < 1.29 is 36.9 Å². The van der Waals surface area contributed by atoms with E-state index in [2.05, 4.69) is 0 Å². The Bertz CT molecular complexity index is 1100. The minimum absolute atomic E-state index is 0. The monoisotopic (exact) mass is 501 g/mol. The van der Waals surface area contributed by atoms with Crippen LogP contribution >= 0.6 is 12.4 Å². The van der Waals surface area contributed by atoms with Gasteiger partial charge in [-0.25, -0.2) is 4.39 Å². The topological polar surface area (TPSA) is 59.0 Å². The highest BCUT2D eigenvalue weighted by Gasteiger charge is 2.33. The Balaban J connectivity index is 0.00000324. The first-order valence-electron chi connectivity index (χ1n) is 10.5. The van der Waals surface area contributed by atoms with Crippen molar-refractivity contribution in [3.05, 3.63) is 64.0 Å². The SMILES string of the molecule is Cc1ccc(COc2cc(F)c3c(c2)OCC(CN2CCC(C(=O)O)C2)=C3)c(C(F)(F)F)c1.Cl. The van der Waals surface area contributed by atoms with Crippen LogP contribution in [0.3, 0.4) is 0 Å². The van der Waals surface area contributed by atoms with Crippen molar-refractivity contribution in [3.63, 3.8) is 0 Å². The van der Waals surface area contributed by atoms with E-state index in [4.69, 9.17) is 14.6 Å². The lowest BCUT2D eigenvalue weighted by molar-refractivity contribution is -0.141. The molecule has 0 bridgehead atoms. The van der Waals surface area contributed by atoms with Crippen LogP contribution in [0.25, 0.3) is 6.08 Å². The summed E-state index contributed by atoms with van der Waals surface area (Å²) in [7, 11) is 0. The summed E-state index contributed by atoms with van der Waals surface area (Å²) in [4.78, 5) is 13.1. The highest BCUT2D eigenvalue weighted by Crippen LogP contribution is 2.36. The number of likely N-dealkylation sites (tertiary alicyclic amines) is 1. The minimum Gasteiger partial charge on any atom is -0.489 e. The number of hydrogen-bond donors (Lipinski definition) is 1. The second kappa shape index (κ2) is 10.2. The molecule has 1 unspecified atom stereocenters. The standard InChI is InChI=1S/C24H23F4NO4.ClH/c1-14-2-3-17(20(6-14)24(26,27)28)13-32-18-8-21(25)19-7-15(12-33-22(19)9-18)10-29-5-4-16(11-29)23(30)31;/h2-3,6-9,16H,4-5,10-13H2,1H3,(H,30,31);1H. The zero-order valence-corrected chi connectivity index (χ0v) is 19.1.